The molecule has 2 aliphatic rings. The lowest BCUT2D eigenvalue weighted by Gasteiger charge is -2.16. The van der Waals surface area contributed by atoms with Gasteiger partial charge in [0.15, 0.2) is 0 Å². The van der Waals surface area contributed by atoms with Crippen LogP contribution in [0.2, 0.25) is 10.0 Å². The summed E-state index contributed by atoms with van der Waals surface area (Å²) in [5.74, 6) is 0.183. The van der Waals surface area contributed by atoms with Gasteiger partial charge >= 0.3 is 18.8 Å². The standard InChI is InChI=1S/C22H17ClF3N9O2.C14H13ClN8.C8H4F3NO2/c1-33-31-20(29-32-33)14-10-27-34(11-14)18-12-35(30-19(18)13-2-4-15(23)5-3-13)21(36)28-16-6-8-17(9-7-16)37-22(24,25)26;1-22-20-14(19-21-22)10-6-17-23(8-10)12-7-16-18-13(12)9-2-4-11(15)5-3-9;9-8(10,11)14-7-3-1-6(2-4-7)12-5-13/h2-11,18H,12H2,1H3,(H,28,36);2-6,8,12,16H,7H2,1H3;1-4H. The molecule has 2 aliphatic heterocycles. The second kappa shape index (κ2) is 22.2. The number of rotatable bonds is 10. The number of nitrogens with one attached hydrogen (secondary N) is 2. The van der Waals surface area contributed by atoms with Crippen LogP contribution in [-0.2, 0) is 18.9 Å². The van der Waals surface area contributed by atoms with Crippen LogP contribution in [-0.4, -0.2) is 114 Å². The Kier molecular flexibility index (Phi) is 15.4. The van der Waals surface area contributed by atoms with Gasteiger partial charge in [-0.1, -0.05) is 47.5 Å². The summed E-state index contributed by atoms with van der Waals surface area (Å²) in [6, 6.07) is 22.9. The van der Waals surface area contributed by atoms with E-state index >= 15 is 0 Å². The molecular formula is C44H34Cl2F6N18O4. The van der Waals surface area contributed by atoms with Crippen LogP contribution in [0.25, 0.3) is 22.8 Å². The van der Waals surface area contributed by atoms with Crippen LogP contribution in [0.4, 0.5) is 42.5 Å². The molecule has 0 bridgehead atoms. The maximum absolute atomic E-state index is 13.0. The normalized spacial score (nSPS) is 15.1. The maximum atomic E-state index is 13.0. The number of aryl methyl sites for hydroxylation is 2. The molecule has 10 rings (SSSR count). The Morgan fingerprint density at radius 3 is 1.65 bits per heavy atom. The van der Waals surface area contributed by atoms with E-state index in [1.807, 2.05) is 35.1 Å². The lowest BCUT2D eigenvalue weighted by molar-refractivity contribution is -0.275. The second-order valence-electron chi connectivity index (χ2n) is 15.3. The van der Waals surface area contributed by atoms with E-state index in [1.165, 1.54) is 44.9 Å². The van der Waals surface area contributed by atoms with Gasteiger partial charge in [-0.2, -0.15) is 35.0 Å². The molecule has 6 heterocycles. The Balaban J connectivity index is 0.000000167. The van der Waals surface area contributed by atoms with Crippen LogP contribution in [0.5, 0.6) is 11.5 Å². The third kappa shape index (κ3) is 13.5. The van der Waals surface area contributed by atoms with Gasteiger partial charge < -0.3 is 20.2 Å². The largest absolute Gasteiger partial charge is 0.573 e. The molecule has 2 N–H and O–H groups in total. The summed E-state index contributed by atoms with van der Waals surface area (Å²) in [6.07, 6.45) is -1.31. The fraction of sp³-hybridized carbons (Fsp3) is 0.182. The first-order valence-electron chi connectivity index (χ1n) is 21.2. The Morgan fingerprint density at radius 1 is 0.689 bits per heavy atom. The van der Waals surface area contributed by atoms with Crippen LogP contribution < -0.4 is 20.2 Å². The number of halogens is 8. The number of anilines is 1. The number of hydrogen-bond acceptors (Lipinski definition) is 16. The third-order valence-electron chi connectivity index (χ3n) is 10.2. The summed E-state index contributed by atoms with van der Waals surface area (Å²) in [4.78, 5) is 28.7. The maximum Gasteiger partial charge on any atom is 0.573 e. The van der Waals surface area contributed by atoms with Gasteiger partial charge in [0.05, 0.1) is 67.8 Å². The van der Waals surface area contributed by atoms with Gasteiger partial charge in [-0.25, -0.2) is 14.6 Å². The number of urea groups is 1. The van der Waals surface area contributed by atoms with Crippen molar-refractivity contribution in [2.45, 2.75) is 24.8 Å². The number of tetrazole rings is 2. The first-order valence-corrected chi connectivity index (χ1v) is 22.0. The highest BCUT2D eigenvalue weighted by molar-refractivity contribution is 6.31. The van der Waals surface area contributed by atoms with E-state index < -0.39 is 30.5 Å². The molecule has 0 saturated heterocycles. The zero-order valence-corrected chi connectivity index (χ0v) is 39.4. The van der Waals surface area contributed by atoms with E-state index in [0.29, 0.717) is 39.5 Å². The predicted octanol–water partition coefficient (Wildman–Crippen LogP) is 7.95. The number of benzene rings is 4. The van der Waals surface area contributed by atoms with Gasteiger partial charge in [-0.05, 0) is 83.2 Å². The lowest BCUT2D eigenvalue weighted by atomic mass is 10.0. The molecule has 4 aromatic heterocycles. The minimum Gasteiger partial charge on any atom is -0.406 e. The van der Waals surface area contributed by atoms with Crippen LogP contribution >= 0.6 is 23.2 Å². The number of hydrazone groups is 2. The molecular weight excluding hydrogens is 1030 g/mol. The fourth-order valence-electron chi connectivity index (χ4n) is 6.93. The van der Waals surface area contributed by atoms with Crippen molar-refractivity contribution in [3.8, 4) is 34.3 Å². The number of aliphatic imine (C=N–C) groups is 1. The summed E-state index contributed by atoms with van der Waals surface area (Å²) in [6.45, 7) is 0.807. The van der Waals surface area contributed by atoms with Crippen molar-refractivity contribution in [2.24, 2.45) is 29.3 Å². The van der Waals surface area contributed by atoms with Crippen molar-refractivity contribution in [1.29, 1.82) is 0 Å². The molecule has 2 unspecified atom stereocenters. The Labute approximate surface area is 422 Å². The Bertz CT molecular complexity index is 3320. The second-order valence-corrected chi connectivity index (χ2v) is 16.2. The molecule has 4 aromatic carbocycles. The molecule has 0 radical (unpaired) electrons. The van der Waals surface area contributed by atoms with E-state index in [9.17, 15) is 35.9 Å². The van der Waals surface area contributed by atoms with Gasteiger partial charge in [0.2, 0.25) is 17.7 Å². The van der Waals surface area contributed by atoms with Gasteiger partial charge in [0.25, 0.3) is 0 Å². The van der Waals surface area contributed by atoms with Crippen LogP contribution in [0, 0.1) is 0 Å². The number of isocyanates is 1. The summed E-state index contributed by atoms with van der Waals surface area (Å²) in [5, 5.41) is 46.9. The molecule has 22 nitrogen and oxygen atoms in total. The molecule has 380 valence electrons. The number of alkyl halides is 6. The van der Waals surface area contributed by atoms with Crippen molar-refractivity contribution in [3.63, 3.8) is 0 Å². The minimum atomic E-state index is -4.81. The number of aromatic nitrogens is 12. The molecule has 2 amide bonds. The average molecular weight is 1060 g/mol. The minimum absolute atomic E-state index is 0.00148. The average Bonchev–Trinajstić information content (AvgIpc) is 4.22. The first kappa shape index (κ1) is 51.3. The van der Waals surface area contributed by atoms with E-state index in [1.54, 1.807) is 61.6 Å². The molecule has 74 heavy (non-hydrogen) atoms. The van der Waals surface area contributed by atoms with Crippen molar-refractivity contribution >= 4 is 58.1 Å². The van der Waals surface area contributed by atoms with Gasteiger partial charge in [-0.3, -0.25) is 9.36 Å². The number of nitrogens with zero attached hydrogens (tertiary/aromatic N) is 16. The Morgan fingerprint density at radius 2 is 1.18 bits per heavy atom. The molecule has 0 saturated carbocycles. The topological polar surface area (TPSA) is 240 Å². The lowest BCUT2D eigenvalue weighted by Crippen LogP contribution is -2.31. The highest BCUT2D eigenvalue weighted by atomic mass is 35.5. The highest BCUT2D eigenvalue weighted by Crippen LogP contribution is 2.30. The van der Waals surface area contributed by atoms with Crippen molar-refractivity contribution in [3.05, 3.63) is 143 Å². The van der Waals surface area contributed by atoms with Gasteiger partial charge in [0, 0.05) is 39.3 Å². The molecule has 0 spiro atoms. The number of carbonyl (C=O) groups is 1. The molecule has 30 heteroatoms. The molecule has 0 aliphatic carbocycles. The molecule has 2 atom stereocenters. The summed E-state index contributed by atoms with van der Waals surface area (Å²) >= 11 is 12.0. The van der Waals surface area contributed by atoms with Crippen molar-refractivity contribution in [1.82, 2.24) is 70.4 Å². The zero-order chi connectivity index (χ0) is 52.6. The summed E-state index contributed by atoms with van der Waals surface area (Å²) in [7, 11) is 3.38. The van der Waals surface area contributed by atoms with Crippen molar-refractivity contribution in [2.75, 3.05) is 18.4 Å². The van der Waals surface area contributed by atoms with Crippen LogP contribution in [0.3, 0.4) is 0 Å². The number of amides is 2. The van der Waals surface area contributed by atoms with E-state index in [4.69, 9.17) is 23.2 Å². The summed E-state index contributed by atoms with van der Waals surface area (Å²) in [5.41, 5.74) is 8.19. The SMILES string of the molecule is Cn1nnc(-c2cnn(C3CN(C(=O)Nc4ccc(OC(F)(F)F)cc4)N=C3c3ccc(Cl)cc3)c2)n1.Cn1nnc(-c2cnn(C3CNN=C3c3ccc(Cl)cc3)c2)n1.O=C=Nc1ccc(OC(F)(F)F)cc1. The third-order valence-corrected chi connectivity index (χ3v) is 10.7. The Hall–Kier alpha value is -9.01. The molecule has 8 aromatic rings. The quantitative estimate of drug-likeness (QED) is 0.0752. The highest BCUT2D eigenvalue weighted by Gasteiger charge is 2.35. The predicted molar refractivity (Wildman–Crippen MR) is 252 cm³/mol. The van der Waals surface area contributed by atoms with Gasteiger partial charge in [-0.15, -0.1) is 46.7 Å². The molecule has 0 fully saturated rings. The van der Waals surface area contributed by atoms with E-state index in [-0.39, 0.29) is 29.7 Å². The van der Waals surface area contributed by atoms with Crippen molar-refractivity contribution < 1.29 is 45.4 Å². The zero-order valence-electron chi connectivity index (χ0n) is 37.9. The van der Waals surface area contributed by atoms with Crippen LogP contribution in [0.1, 0.15) is 23.2 Å². The van der Waals surface area contributed by atoms with E-state index in [0.717, 1.165) is 46.7 Å². The fourth-order valence-corrected chi connectivity index (χ4v) is 7.18. The summed E-state index contributed by atoms with van der Waals surface area (Å²) < 4.78 is 83.2. The number of carbonyl (C=O) groups excluding carboxylic acids is 2. The van der Waals surface area contributed by atoms with E-state index in [2.05, 4.69) is 76.4 Å². The number of hydrogen-bond donors (Lipinski definition) is 2. The van der Waals surface area contributed by atoms with Crippen LogP contribution in [0.15, 0.2) is 137 Å². The smallest absolute Gasteiger partial charge is 0.406 e. The van der Waals surface area contributed by atoms with Gasteiger partial charge in [0.1, 0.15) is 23.6 Å². The number of ether oxygens (including phenoxy) is 2. The monoisotopic (exact) mass is 1060 g/mol. The first-order chi connectivity index (χ1) is 35.4.